The number of aromatic nitrogens is 1. The molecule has 0 amide bonds. The Morgan fingerprint density at radius 1 is 1.13 bits per heavy atom. The number of rotatable bonds is 5. The van der Waals surface area contributed by atoms with Crippen LogP contribution in [-0.2, 0) is 11.3 Å². The largest absolute Gasteiger partial charge is 0.487 e. The first kappa shape index (κ1) is 20.6. The van der Waals surface area contributed by atoms with Gasteiger partial charge in [-0.3, -0.25) is 9.36 Å². The van der Waals surface area contributed by atoms with E-state index < -0.39 is 40.6 Å². The molecule has 1 unspecified atom stereocenters. The van der Waals surface area contributed by atoms with E-state index in [2.05, 4.69) is 15.9 Å². The molecule has 4 rings (SSSR count). The van der Waals surface area contributed by atoms with Gasteiger partial charge in [0.2, 0.25) is 0 Å². The topological polar surface area (TPSA) is 43.8 Å². The Morgan fingerprint density at radius 3 is 2.40 bits per heavy atom. The van der Waals surface area contributed by atoms with Crippen molar-refractivity contribution < 1.29 is 27.0 Å². The van der Waals surface area contributed by atoms with Crippen molar-refractivity contribution in [2.45, 2.75) is 19.6 Å². The molecule has 9 heteroatoms. The third-order valence-electron chi connectivity index (χ3n) is 4.76. The van der Waals surface area contributed by atoms with Crippen molar-refractivity contribution in [3.05, 3.63) is 91.3 Å². The van der Waals surface area contributed by atoms with Gasteiger partial charge in [-0.1, -0.05) is 6.07 Å². The molecule has 0 bridgehead atoms. The molecule has 0 saturated carbocycles. The average Bonchev–Trinajstić information content (AvgIpc) is 3.52. The van der Waals surface area contributed by atoms with Gasteiger partial charge in [-0.05, 0) is 47.1 Å². The van der Waals surface area contributed by atoms with Crippen LogP contribution in [0.25, 0.3) is 5.69 Å². The highest BCUT2D eigenvalue weighted by atomic mass is 79.9. The summed E-state index contributed by atoms with van der Waals surface area (Å²) in [5.41, 5.74) is -0.557. The van der Waals surface area contributed by atoms with Gasteiger partial charge in [0, 0.05) is 22.9 Å². The van der Waals surface area contributed by atoms with Crippen LogP contribution in [0.2, 0.25) is 0 Å². The number of ether oxygens (including phenoxy) is 2. The van der Waals surface area contributed by atoms with Crippen molar-refractivity contribution in [1.82, 2.24) is 4.57 Å². The normalized spacial score (nSPS) is 15.3. The minimum absolute atomic E-state index is 0.0768. The van der Waals surface area contributed by atoms with Crippen molar-refractivity contribution in [2.75, 3.05) is 6.61 Å². The maximum Gasteiger partial charge on any atom is 0.273 e. The summed E-state index contributed by atoms with van der Waals surface area (Å²) in [6, 6.07) is 6.34. The molecule has 1 fully saturated rings. The standard InChI is InChI=1S/C21H14BrF4NO3/c1-10-17(16-9-29-16)20(30-8-11-5-6-12(23)7-15(11)26)18(22)21(28)27(10)19-13(24)3-2-4-14(19)25/h2-7,16H,8-9H2,1H3. The average molecular weight is 484 g/mol. The summed E-state index contributed by atoms with van der Waals surface area (Å²) in [5.74, 6) is -3.26. The molecule has 4 nitrogen and oxygen atoms in total. The highest BCUT2D eigenvalue weighted by Crippen LogP contribution is 2.42. The number of benzene rings is 2. The first-order chi connectivity index (χ1) is 14.3. The Balaban J connectivity index is 1.84. The van der Waals surface area contributed by atoms with Crippen LogP contribution in [0.1, 0.15) is 22.9 Å². The molecular weight excluding hydrogens is 470 g/mol. The molecule has 1 aromatic heterocycles. The van der Waals surface area contributed by atoms with E-state index in [1.807, 2.05) is 0 Å². The van der Waals surface area contributed by atoms with Gasteiger partial charge in [-0.2, -0.15) is 0 Å². The fourth-order valence-electron chi connectivity index (χ4n) is 3.25. The Labute approximate surface area is 176 Å². The van der Waals surface area contributed by atoms with Crippen molar-refractivity contribution in [2.24, 2.45) is 0 Å². The molecule has 1 saturated heterocycles. The molecule has 2 heterocycles. The van der Waals surface area contributed by atoms with E-state index in [1.54, 1.807) is 0 Å². The summed E-state index contributed by atoms with van der Waals surface area (Å²) in [6.45, 7) is 1.55. The van der Waals surface area contributed by atoms with Crippen LogP contribution in [-0.4, -0.2) is 11.2 Å². The smallest absolute Gasteiger partial charge is 0.273 e. The zero-order valence-electron chi connectivity index (χ0n) is 15.5. The van der Waals surface area contributed by atoms with Gasteiger partial charge in [-0.25, -0.2) is 17.6 Å². The molecule has 1 atom stereocenters. The number of hydrogen-bond donors (Lipinski definition) is 0. The predicted octanol–water partition coefficient (Wildman–Crippen LogP) is 5.12. The number of nitrogens with zero attached hydrogens (tertiary/aromatic N) is 1. The molecule has 0 N–H and O–H groups in total. The van der Waals surface area contributed by atoms with E-state index >= 15 is 0 Å². The molecule has 0 spiro atoms. The molecule has 3 aromatic rings. The summed E-state index contributed by atoms with van der Waals surface area (Å²) < 4.78 is 67.7. The summed E-state index contributed by atoms with van der Waals surface area (Å²) in [5, 5.41) is 0. The molecule has 2 aromatic carbocycles. The van der Waals surface area contributed by atoms with E-state index in [0.29, 0.717) is 12.2 Å². The molecule has 30 heavy (non-hydrogen) atoms. The van der Waals surface area contributed by atoms with E-state index in [9.17, 15) is 22.4 Å². The lowest BCUT2D eigenvalue weighted by atomic mass is 10.1. The third-order valence-corrected chi connectivity index (χ3v) is 5.46. The lowest BCUT2D eigenvalue weighted by molar-refractivity contribution is 0.288. The van der Waals surface area contributed by atoms with Gasteiger partial charge in [0.05, 0.1) is 6.61 Å². The first-order valence-corrected chi connectivity index (χ1v) is 9.66. The zero-order chi connectivity index (χ0) is 21.6. The summed E-state index contributed by atoms with van der Waals surface area (Å²) >= 11 is 3.15. The molecule has 156 valence electrons. The number of epoxide rings is 1. The third kappa shape index (κ3) is 3.63. The van der Waals surface area contributed by atoms with Crippen molar-refractivity contribution >= 4 is 15.9 Å². The SMILES string of the molecule is Cc1c(C2CO2)c(OCc2ccc(F)cc2F)c(Br)c(=O)n1-c1c(F)cccc1F. The van der Waals surface area contributed by atoms with Crippen molar-refractivity contribution in [1.29, 1.82) is 0 Å². The number of pyridine rings is 1. The maximum atomic E-state index is 14.4. The van der Waals surface area contributed by atoms with Crippen LogP contribution in [0.4, 0.5) is 17.6 Å². The quantitative estimate of drug-likeness (QED) is 0.374. The van der Waals surface area contributed by atoms with Crippen LogP contribution in [0, 0.1) is 30.2 Å². The van der Waals surface area contributed by atoms with Crippen LogP contribution < -0.4 is 10.3 Å². The predicted molar refractivity (Wildman–Crippen MR) is 104 cm³/mol. The van der Waals surface area contributed by atoms with Gasteiger partial charge in [0.25, 0.3) is 5.56 Å². The number of hydrogen-bond acceptors (Lipinski definition) is 3. The summed E-state index contributed by atoms with van der Waals surface area (Å²) in [7, 11) is 0. The van der Waals surface area contributed by atoms with E-state index in [1.165, 1.54) is 19.1 Å². The van der Waals surface area contributed by atoms with E-state index in [4.69, 9.17) is 9.47 Å². The fourth-order valence-corrected chi connectivity index (χ4v) is 3.75. The van der Waals surface area contributed by atoms with Crippen LogP contribution >= 0.6 is 15.9 Å². The maximum absolute atomic E-state index is 14.4. The highest BCUT2D eigenvalue weighted by Gasteiger charge is 2.35. The number of halogens is 5. The van der Waals surface area contributed by atoms with Crippen LogP contribution in [0.15, 0.2) is 45.7 Å². The second-order valence-corrected chi connectivity index (χ2v) is 7.49. The van der Waals surface area contributed by atoms with Gasteiger partial charge < -0.3 is 9.47 Å². The van der Waals surface area contributed by atoms with Gasteiger partial charge in [-0.15, -0.1) is 0 Å². The Kier molecular flexibility index (Phi) is 5.42. The van der Waals surface area contributed by atoms with Gasteiger partial charge in [0.15, 0.2) is 0 Å². The Bertz CT molecular complexity index is 1190. The molecular formula is C21H14BrF4NO3. The lowest BCUT2D eigenvalue weighted by Gasteiger charge is -2.20. The van der Waals surface area contributed by atoms with E-state index in [-0.39, 0.29) is 28.1 Å². The Morgan fingerprint density at radius 2 is 1.80 bits per heavy atom. The van der Waals surface area contributed by atoms with Crippen LogP contribution in [0.5, 0.6) is 5.75 Å². The highest BCUT2D eigenvalue weighted by molar-refractivity contribution is 9.10. The monoisotopic (exact) mass is 483 g/mol. The van der Waals surface area contributed by atoms with Gasteiger partial charge >= 0.3 is 0 Å². The minimum Gasteiger partial charge on any atom is -0.487 e. The van der Waals surface area contributed by atoms with Gasteiger partial charge in [0.1, 0.15) is 51.9 Å². The van der Waals surface area contributed by atoms with Crippen molar-refractivity contribution in [3.8, 4) is 11.4 Å². The van der Waals surface area contributed by atoms with Crippen LogP contribution in [0.3, 0.4) is 0 Å². The minimum atomic E-state index is -0.906. The van der Waals surface area contributed by atoms with Crippen molar-refractivity contribution in [3.63, 3.8) is 0 Å². The molecule has 0 radical (unpaired) electrons. The van der Waals surface area contributed by atoms with E-state index in [0.717, 1.165) is 28.8 Å². The number of para-hydroxylation sites is 1. The Hall–Kier alpha value is -2.65. The molecule has 1 aliphatic rings. The second-order valence-electron chi connectivity index (χ2n) is 6.70. The fraction of sp³-hybridized carbons (Fsp3) is 0.190. The molecule has 1 aliphatic heterocycles. The zero-order valence-corrected chi connectivity index (χ0v) is 17.1. The summed E-state index contributed by atoms with van der Waals surface area (Å²) in [6.07, 6.45) is -0.448. The lowest BCUT2D eigenvalue weighted by Crippen LogP contribution is -2.26. The summed E-state index contributed by atoms with van der Waals surface area (Å²) in [4.78, 5) is 13.0. The first-order valence-electron chi connectivity index (χ1n) is 8.87. The molecule has 0 aliphatic carbocycles. The second kappa shape index (κ2) is 7.88.